The van der Waals surface area contributed by atoms with Crippen molar-refractivity contribution in [3.8, 4) is 5.75 Å². The van der Waals surface area contributed by atoms with Crippen LogP contribution in [0.5, 0.6) is 5.75 Å². The minimum Gasteiger partial charge on any atom is -0.497 e. The first-order valence-electron chi connectivity index (χ1n) is 6.68. The Morgan fingerprint density at radius 1 is 1.23 bits per heavy atom. The number of amides is 1. The molecule has 0 bridgehead atoms. The molecule has 0 aromatic heterocycles. The van der Waals surface area contributed by atoms with Crippen LogP contribution in [0.15, 0.2) is 47.4 Å². The molecule has 1 aliphatic rings. The standard InChI is InChI=1S/C16H14ClNO3S/c1-21-10-7-5-9(6-8-10)14-13(19)16(20)18-12-4-2-3-11(17)15(12)22-14/h2-8,13-14,19H,1H3,(H,18,20)/t13-,14-/m0/s1. The molecule has 1 aliphatic heterocycles. The number of thioether (sulfide) groups is 1. The van der Waals surface area contributed by atoms with E-state index in [2.05, 4.69) is 5.32 Å². The molecule has 0 saturated heterocycles. The van der Waals surface area contributed by atoms with Crippen LogP contribution in [0.25, 0.3) is 0 Å². The maximum absolute atomic E-state index is 12.2. The number of aliphatic hydroxyl groups is 1. The smallest absolute Gasteiger partial charge is 0.254 e. The highest BCUT2D eigenvalue weighted by Crippen LogP contribution is 2.46. The highest BCUT2D eigenvalue weighted by atomic mass is 35.5. The zero-order valence-electron chi connectivity index (χ0n) is 11.7. The molecule has 0 fully saturated rings. The Bertz CT molecular complexity index is 705. The van der Waals surface area contributed by atoms with Gasteiger partial charge >= 0.3 is 0 Å². The van der Waals surface area contributed by atoms with Crippen LogP contribution in [-0.2, 0) is 4.79 Å². The van der Waals surface area contributed by atoms with Crippen LogP contribution in [-0.4, -0.2) is 24.2 Å². The summed E-state index contributed by atoms with van der Waals surface area (Å²) < 4.78 is 5.13. The predicted molar refractivity (Wildman–Crippen MR) is 87.7 cm³/mol. The van der Waals surface area contributed by atoms with Crippen molar-refractivity contribution in [2.24, 2.45) is 0 Å². The van der Waals surface area contributed by atoms with Crippen LogP contribution in [0.3, 0.4) is 0 Å². The lowest BCUT2D eigenvalue weighted by Gasteiger charge is -2.19. The topological polar surface area (TPSA) is 58.6 Å². The second-order valence-corrected chi connectivity index (χ2v) is 6.42. The van der Waals surface area contributed by atoms with Crippen LogP contribution in [0.1, 0.15) is 10.8 Å². The number of hydrogen-bond donors (Lipinski definition) is 2. The van der Waals surface area contributed by atoms with Crippen molar-refractivity contribution in [1.82, 2.24) is 0 Å². The van der Waals surface area contributed by atoms with Crippen LogP contribution in [0.4, 0.5) is 5.69 Å². The fraction of sp³-hybridized carbons (Fsp3) is 0.188. The lowest BCUT2D eigenvalue weighted by Crippen LogP contribution is -2.30. The highest BCUT2D eigenvalue weighted by Gasteiger charge is 2.33. The second-order valence-electron chi connectivity index (χ2n) is 4.86. The first-order valence-corrected chi connectivity index (χ1v) is 7.94. The molecule has 2 atom stereocenters. The van der Waals surface area contributed by atoms with Gasteiger partial charge in [0.2, 0.25) is 0 Å². The minimum absolute atomic E-state index is 0.436. The molecule has 1 amide bonds. The normalized spacial score (nSPS) is 20.8. The van der Waals surface area contributed by atoms with Crippen molar-refractivity contribution in [2.45, 2.75) is 16.2 Å². The molecule has 2 aromatic rings. The molecular weight excluding hydrogens is 322 g/mol. The lowest BCUT2D eigenvalue weighted by molar-refractivity contribution is -0.124. The molecule has 0 saturated carbocycles. The highest BCUT2D eigenvalue weighted by molar-refractivity contribution is 8.00. The Kier molecular flexibility index (Phi) is 4.29. The van der Waals surface area contributed by atoms with Gasteiger partial charge in [0.05, 0.1) is 28.0 Å². The monoisotopic (exact) mass is 335 g/mol. The van der Waals surface area contributed by atoms with Gasteiger partial charge in [-0.15, -0.1) is 11.8 Å². The maximum atomic E-state index is 12.2. The number of halogens is 1. The zero-order valence-corrected chi connectivity index (χ0v) is 13.3. The number of nitrogens with one attached hydrogen (secondary N) is 1. The number of anilines is 1. The average molecular weight is 336 g/mol. The summed E-state index contributed by atoms with van der Waals surface area (Å²) in [5.74, 6) is 0.286. The molecule has 6 heteroatoms. The zero-order chi connectivity index (χ0) is 15.7. The van der Waals surface area contributed by atoms with E-state index in [0.717, 1.165) is 16.2 Å². The van der Waals surface area contributed by atoms with E-state index in [9.17, 15) is 9.90 Å². The molecule has 0 radical (unpaired) electrons. The predicted octanol–water partition coefficient (Wildman–Crippen LogP) is 3.50. The molecule has 3 rings (SSSR count). The maximum Gasteiger partial charge on any atom is 0.254 e. The number of carbonyl (C=O) groups excluding carboxylic acids is 1. The van der Waals surface area contributed by atoms with Gasteiger partial charge in [0.25, 0.3) is 5.91 Å². The molecule has 114 valence electrons. The quantitative estimate of drug-likeness (QED) is 0.882. The van der Waals surface area contributed by atoms with Crippen LogP contribution >= 0.6 is 23.4 Å². The fourth-order valence-electron chi connectivity index (χ4n) is 2.31. The summed E-state index contributed by atoms with van der Waals surface area (Å²) in [4.78, 5) is 12.9. The van der Waals surface area contributed by atoms with Gasteiger partial charge in [0.1, 0.15) is 11.9 Å². The fourth-order valence-corrected chi connectivity index (χ4v) is 3.84. The summed E-state index contributed by atoms with van der Waals surface area (Å²) in [6.45, 7) is 0. The Morgan fingerprint density at radius 2 is 1.95 bits per heavy atom. The Balaban J connectivity index is 2.02. The summed E-state index contributed by atoms with van der Waals surface area (Å²) >= 11 is 7.61. The van der Waals surface area contributed by atoms with Gasteiger partial charge in [0, 0.05) is 0 Å². The van der Waals surface area contributed by atoms with Gasteiger partial charge in [-0.25, -0.2) is 0 Å². The Morgan fingerprint density at radius 3 is 2.64 bits per heavy atom. The van der Waals surface area contributed by atoms with Crippen molar-refractivity contribution < 1.29 is 14.6 Å². The van der Waals surface area contributed by atoms with Gasteiger partial charge in [-0.3, -0.25) is 4.79 Å². The summed E-state index contributed by atoms with van der Waals surface area (Å²) in [7, 11) is 1.59. The largest absolute Gasteiger partial charge is 0.497 e. The van der Waals surface area contributed by atoms with Gasteiger partial charge < -0.3 is 15.2 Å². The molecule has 4 nitrogen and oxygen atoms in total. The SMILES string of the molecule is COc1ccc([C@@H]2Sc3c(Cl)cccc3NC(=O)[C@H]2O)cc1. The van der Waals surface area contributed by atoms with Gasteiger partial charge in [0.15, 0.2) is 0 Å². The van der Waals surface area contributed by atoms with Gasteiger partial charge in [-0.2, -0.15) is 0 Å². The third-order valence-corrected chi connectivity index (χ3v) is 5.36. The van der Waals surface area contributed by atoms with Crippen LogP contribution < -0.4 is 10.1 Å². The molecule has 0 aliphatic carbocycles. The van der Waals surface area contributed by atoms with Crippen LogP contribution in [0.2, 0.25) is 5.02 Å². The Labute approximate surface area is 137 Å². The summed E-state index contributed by atoms with van der Waals surface area (Å²) in [5.41, 5.74) is 1.46. The van der Waals surface area contributed by atoms with Gasteiger partial charge in [-0.05, 0) is 29.8 Å². The number of rotatable bonds is 2. The van der Waals surface area contributed by atoms with E-state index in [1.54, 1.807) is 37.4 Å². The molecule has 22 heavy (non-hydrogen) atoms. The van der Waals surface area contributed by atoms with Crippen molar-refractivity contribution in [3.63, 3.8) is 0 Å². The summed E-state index contributed by atoms with van der Waals surface area (Å²) in [6.07, 6.45) is -1.16. The minimum atomic E-state index is -1.16. The van der Waals surface area contributed by atoms with E-state index >= 15 is 0 Å². The molecule has 1 heterocycles. The number of fused-ring (bicyclic) bond motifs is 1. The second kappa shape index (κ2) is 6.20. The number of methoxy groups -OCH3 is 1. The Hall–Kier alpha value is -1.69. The van der Waals surface area contributed by atoms with Crippen molar-refractivity contribution >= 4 is 35.0 Å². The van der Waals surface area contributed by atoms with Crippen molar-refractivity contribution in [1.29, 1.82) is 0 Å². The van der Waals surface area contributed by atoms with Crippen molar-refractivity contribution in [2.75, 3.05) is 12.4 Å². The summed E-state index contributed by atoms with van der Waals surface area (Å²) in [5, 5.41) is 13.2. The van der Waals surface area contributed by atoms with E-state index in [1.807, 2.05) is 12.1 Å². The summed E-state index contributed by atoms with van der Waals surface area (Å²) in [6, 6.07) is 12.6. The molecule has 2 N–H and O–H groups in total. The molecule has 2 aromatic carbocycles. The first-order chi connectivity index (χ1) is 10.6. The number of carbonyl (C=O) groups is 1. The number of aliphatic hydroxyl groups excluding tert-OH is 1. The first kappa shape index (κ1) is 15.2. The van der Waals surface area contributed by atoms with E-state index in [1.165, 1.54) is 11.8 Å². The lowest BCUT2D eigenvalue weighted by atomic mass is 10.1. The van der Waals surface area contributed by atoms with E-state index in [4.69, 9.17) is 16.3 Å². The third-order valence-electron chi connectivity index (χ3n) is 3.47. The van der Waals surface area contributed by atoms with E-state index in [0.29, 0.717) is 10.7 Å². The number of benzene rings is 2. The number of ether oxygens (including phenoxy) is 1. The third kappa shape index (κ3) is 2.79. The van der Waals surface area contributed by atoms with Gasteiger partial charge in [-0.1, -0.05) is 29.8 Å². The molecule has 0 unspecified atom stereocenters. The van der Waals surface area contributed by atoms with Crippen molar-refractivity contribution in [3.05, 3.63) is 53.1 Å². The van der Waals surface area contributed by atoms with Crippen LogP contribution in [0, 0.1) is 0 Å². The number of hydrogen-bond acceptors (Lipinski definition) is 4. The van der Waals surface area contributed by atoms with E-state index < -0.39 is 17.3 Å². The average Bonchev–Trinajstić information content (AvgIpc) is 2.66. The molecular formula is C16H14ClNO3S. The molecule has 0 spiro atoms. The van der Waals surface area contributed by atoms with E-state index in [-0.39, 0.29) is 0 Å².